The van der Waals surface area contributed by atoms with Crippen LogP contribution in [0.1, 0.15) is 27.3 Å². The third-order valence-corrected chi connectivity index (χ3v) is 8.46. The number of H-pyrrole nitrogens is 1. The molecule has 2 saturated heterocycles. The lowest BCUT2D eigenvalue weighted by Crippen LogP contribution is -2.56. The van der Waals surface area contributed by atoms with Crippen LogP contribution >= 0.6 is 0 Å². The van der Waals surface area contributed by atoms with Gasteiger partial charge in [-0.25, -0.2) is 9.18 Å². The first-order valence-corrected chi connectivity index (χ1v) is 14.8. The molecule has 1 amide bonds. The Morgan fingerprint density at radius 3 is 2.57 bits per heavy atom. The van der Waals surface area contributed by atoms with Crippen molar-refractivity contribution in [2.24, 2.45) is 5.92 Å². The molecular formula is C31H41FN4O8. The third kappa shape index (κ3) is 6.81. The molecule has 3 aromatic rings. The van der Waals surface area contributed by atoms with Gasteiger partial charge in [0, 0.05) is 50.6 Å². The number of fused-ring (bicyclic) bond motifs is 2. The first kappa shape index (κ1) is 31.7. The SMILES string of the molecule is CC1Oc2c(cccc2N2CCN(CCCc3c[nH]c4ccc(F)cc34)CC2)NC1=O.C[C@@H]1[C@@H](O)[C@H](O)[C@@H](C(=O)O)O[C@H]1O.[HH]. The summed E-state index contributed by atoms with van der Waals surface area (Å²) in [6.45, 7) is 8.04. The number of aromatic amines is 1. The number of hydrogen-bond acceptors (Lipinski definition) is 9. The molecule has 0 radical (unpaired) electrons. The number of halogens is 1. The average Bonchev–Trinajstić information content (AvgIpc) is 3.40. The molecule has 2 fully saturated rings. The molecule has 13 heteroatoms. The monoisotopic (exact) mass is 616 g/mol. The molecule has 6 N–H and O–H groups in total. The van der Waals surface area contributed by atoms with Gasteiger partial charge in [-0.05, 0) is 62.2 Å². The van der Waals surface area contributed by atoms with E-state index in [0.717, 1.165) is 73.6 Å². The molecule has 1 aromatic heterocycles. The Morgan fingerprint density at radius 1 is 1.09 bits per heavy atom. The van der Waals surface area contributed by atoms with Crippen molar-refractivity contribution in [1.82, 2.24) is 9.88 Å². The van der Waals surface area contributed by atoms with Gasteiger partial charge in [-0.3, -0.25) is 9.69 Å². The highest BCUT2D eigenvalue weighted by atomic mass is 19.1. The Labute approximate surface area is 255 Å². The number of anilines is 2. The van der Waals surface area contributed by atoms with Crippen molar-refractivity contribution in [3.05, 3.63) is 54.0 Å². The summed E-state index contributed by atoms with van der Waals surface area (Å²) >= 11 is 0. The van der Waals surface area contributed by atoms with E-state index in [4.69, 9.17) is 14.9 Å². The number of para-hydroxylation sites is 1. The number of piperazine rings is 1. The van der Waals surface area contributed by atoms with Crippen molar-refractivity contribution in [3.8, 4) is 5.75 Å². The van der Waals surface area contributed by atoms with Crippen molar-refractivity contribution in [1.29, 1.82) is 0 Å². The summed E-state index contributed by atoms with van der Waals surface area (Å²) in [7, 11) is 0. The van der Waals surface area contributed by atoms with Gasteiger partial charge in [0.2, 0.25) is 0 Å². The summed E-state index contributed by atoms with van der Waals surface area (Å²) in [5, 5.41) is 40.1. The smallest absolute Gasteiger partial charge is 0.335 e. The Hall–Kier alpha value is -3.75. The topological polar surface area (TPSA) is 168 Å². The van der Waals surface area contributed by atoms with E-state index >= 15 is 0 Å². The minimum absolute atomic E-state index is 0. The fraction of sp³-hybridized carbons (Fsp3) is 0.484. The van der Waals surface area contributed by atoms with E-state index in [1.807, 2.05) is 18.3 Å². The zero-order valence-electron chi connectivity index (χ0n) is 24.6. The summed E-state index contributed by atoms with van der Waals surface area (Å²) in [6, 6.07) is 10.8. The number of aryl methyl sites for hydroxylation is 1. The molecule has 3 aliphatic rings. The Morgan fingerprint density at radius 2 is 1.84 bits per heavy atom. The third-order valence-electron chi connectivity index (χ3n) is 8.46. The predicted molar refractivity (Wildman–Crippen MR) is 162 cm³/mol. The second-order valence-electron chi connectivity index (χ2n) is 11.5. The number of rotatable bonds is 6. The van der Waals surface area contributed by atoms with Gasteiger partial charge in [0.05, 0.1) is 17.5 Å². The van der Waals surface area contributed by atoms with Crippen LogP contribution in [0, 0.1) is 11.7 Å². The number of amides is 1. The molecule has 0 spiro atoms. The summed E-state index contributed by atoms with van der Waals surface area (Å²) in [5.74, 6) is -1.63. The van der Waals surface area contributed by atoms with Crippen molar-refractivity contribution < 1.29 is 45.3 Å². The van der Waals surface area contributed by atoms with Gasteiger partial charge >= 0.3 is 5.97 Å². The first-order valence-electron chi connectivity index (χ1n) is 14.8. The number of carbonyl (C=O) groups is 2. The number of hydrogen-bond donors (Lipinski definition) is 6. The molecule has 6 atom stereocenters. The number of carboxylic acid groups (broad SMARTS) is 1. The lowest BCUT2D eigenvalue weighted by Gasteiger charge is -2.38. The lowest BCUT2D eigenvalue weighted by molar-refractivity contribution is -0.260. The number of benzene rings is 2. The first-order chi connectivity index (χ1) is 21.0. The lowest BCUT2D eigenvalue weighted by atomic mass is 9.92. The molecule has 0 bridgehead atoms. The van der Waals surface area contributed by atoms with Gasteiger partial charge in [0.15, 0.2) is 24.2 Å². The van der Waals surface area contributed by atoms with E-state index in [-0.39, 0.29) is 13.2 Å². The quantitative estimate of drug-likeness (QED) is 0.242. The maximum atomic E-state index is 13.6. The van der Waals surface area contributed by atoms with E-state index in [1.165, 1.54) is 18.6 Å². The van der Waals surface area contributed by atoms with Crippen LogP contribution in [0.25, 0.3) is 10.9 Å². The van der Waals surface area contributed by atoms with E-state index in [2.05, 4.69) is 30.9 Å². The Kier molecular flexibility index (Phi) is 9.71. The maximum Gasteiger partial charge on any atom is 0.335 e. The van der Waals surface area contributed by atoms with Crippen molar-refractivity contribution >= 4 is 34.2 Å². The molecule has 44 heavy (non-hydrogen) atoms. The Balaban J connectivity index is 0.000000279. The number of aliphatic carboxylic acids is 1. The molecule has 6 rings (SSSR count). The highest BCUT2D eigenvalue weighted by Gasteiger charge is 2.44. The molecule has 240 valence electrons. The van der Waals surface area contributed by atoms with Gasteiger partial charge in [-0.2, -0.15) is 0 Å². The number of aliphatic hydroxyl groups excluding tert-OH is 3. The van der Waals surface area contributed by atoms with Crippen LogP contribution in [0.15, 0.2) is 42.6 Å². The number of aromatic nitrogens is 1. The summed E-state index contributed by atoms with van der Waals surface area (Å²) in [6.07, 6.45) is -2.23. The summed E-state index contributed by atoms with van der Waals surface area (Å²) in [4.78, 5) is 30.4. The van der Waals surface area contributed by atoms with Gasteiger partial charge in [0.1, 0.15) is 11.9 Å². The van der Waals surface area contributed by atoms with E-state index < -0.39 is 42.6 Å². The zero-order valence-corrected chi connectivity index (χ0v) is 24.6. The van der Waals surface area contributed by atoms with Gasteiger partial charge in [0.25, 0.3) is 5.91 Å². The summed E-state index contributed by atoms with van der Waals surface area (Å²) in [5.41, 5.74) is 3.96. The number of carbonyl (C=O) groups excluding carboxylic acids is 1. The van der Waals surface area contributed by atoms with Crippen LogP contribution in [-0.4, -0.2) is 106 Å². The average molecular weight is 617 g/mol. The van der Waals surface area contributed by atoms with Crippen molar-refractivity contribution in [2.45, 2.75) is 57.4 Å². The normalized spacial score (nSPS) is 27.1. The number of nitrogens with one attached hydrogen (secondary N) is 2. The minimum atomic E-state index is -1.57. The van der Waals surface area contributed by atoms with Crippen molar-refractivity contribution in [2.75, 3.05) is 42.9 Å². The molecular weight excluding hydrogens is 575 g/mol. The minimum Gasteiger partial charge on any atom is -0.479 e. The predicted octanol–water partition coefficient (Wildman–Crippen LogP) is 2.17. The van der Waals surface area contributed by atoms with E-state index in [9.17, 15) is 24.2 Å². The fourth-order valence-corrected chi connectivity index (χ4v) is 5.74. The highest BCUT2D eigenvalue weighted by molar-refractivity contribution is 5.99. The van der Waals surface area contributed by atoms with Crippen LogP contribution in [0.3, 0.4) is 0 Å². The molecule has 0 saturated carbocycles. The molecule has 1 unspecified atom stereocenters. The Bertz CT molecular complexity index is 1480. The second-order valence-corrected chi connectivity index (χ2v) is 11.5. The van der Waals surface area contributed by atoms with Gasteiger partial charge in [-0.1, -0.05) is 13.0 Å². The van der Waals surface area contributed by atoms with Crippen LogP contribution in [0.4, 0.5) is 15.8 Å². The zero-order chi connectivity index (χ0) is 31.5. The van der Waals surface area contributed by atoms with Gasteiger partial charge < -0.3 is 45.1 Å². The molecule has 4 heterocycles. The molecule has 12 nitrogen and oxygen atoms in total. The molecule has 0 aliphatic carbocycles. The van der Waals surface area contributed by atoms with Crippen LogP contribution in [0.5, 0.6) is 5.75 Å². The largest absolute Gasteiger partial charge is 0.479 e. The summed E-state index contributed by atoms with van der Waals surface area (Å²) < 4.78 is 24.1. The number of ether oxygens (including phenoxy) is 2. The van der Waals surface area contributed by atoms with Crippen LogP contribution in [0.2, 0.25) is 0 Å². The van der Waals surface area contributed by atoms with Gasteiger partial charge in [-0.15, -0.1) is 0 Å². The standard InChI is InChI=1S/C24H27FN4O2.C7H12O6.H2/c1-16-24(30)27-21-5-2-6-22(23(21)31-16)29-12-10-28(11-13-29)9-3-4-17-15-26-20-8-7-18(25)14-19(17)20;1-2-3(8)4(9)5(6(10)11)13-7(2)12;/h2,5-8,14-16,26H,3-4,9-13H2,1H3,(H,27,30);2-5,7-9,12H,1H3,(H,10,11);1H/t;2-,3-,4+,5+,7-;/m.1./s1. The fourth-order valence-electron chi connectivity index (χ4n) is 5.74. The molecule has 3 aliphatic heterocycles. The van der Waals surface area contributed by atoms with Crippen molar-refractivity contribution in [3.63, 3.8) is 0 Å². The number of nitrogens with zero attached hydrogens (tertiary/aromatic N) is 2. The van der Waals surface area contributed by atoms with Crippen LogP contribution < -0.4 is 15.0 Å². The highest BCUT2D eigenvalue weighted by Crippen LogP contribution is 2.39. The maximum absolute atomic E-state index is 13.6. The molecule has 2 aromatic carbocycles. The van der Waals surface area contributed by atoms with Crippen LogP contribution in [-0.2, 0) is 20.7 Å². The van der Waals surface area contributed by atoms with E-state index in [0.29, 0.717) is 0 Å². The second kappa shape index (κ2) is 13.5. The number of carboxylic acids is 1. The van der Waals surface area contributed by atoms with E-state index in [1.54, 1.807) is 19.1 Å². The number of aliphatic hydroxyl groups is 3.